The van der Waals surface area contributed by atoms with Crippen LogP contribution in [0.4, 0.5) is 5.82 Å². The Morgan fingerprint density at radius 3 is 2.73 bits per heavy atom. The number of carbonyl (C=O) groups is 1. The predicted molar refractivity (Wildman–Crippen MR) is 79.4 cm³/mol. The highest BCUT2D eigenvalue weighted by atomic mass is 16.5. The van der Waals surface area contributed by atoms with Crippen molar-refractivity contribution < 1.29 is 9.53 Å². The van der Waals surface area contributed by atoms with Gasteiger partial charge in [-0.2, -0.15) is 0 Å². The van der Waals surface area contributed by atoms with E-state index >= 15 is 0 Å². The molecule has 0 unspecified atom stereocenters. The molecule has 0 saturated heterocycles. The Hall–Kier alpha value is -2.57. The van der Waals surface area contributed by atoms with Gasteiger partial charge >= 0.3 is 5.97 Å². The van der Waals surface area contributed by atoms with Crippen LogP contribution in [-0.4, -0.2) is 33.0 Å². The van der Waals surface area contributed by atoms with Crippen molar-refractivity contribution in [3.63, 3.8) is 0 Å². The molecular formula is C15H17N5O2. The quantitative estimate of drug-likeness (QED) is 0.798. The summed E-state index contributed by atoms with van der Waals surface area (Å²) < 4.78 is 4.77. The Labute approximate surface area is 128 Å². The maximum absolute atomic E-state index is 11.8. The van der Waals surface area contributed by atoms with E-state index in [2.05, 4.69) is 33.8 Å². The van der Waals surface area contributed by atoms with Crippen molar-refractivity contribution in [2.75, 3.05) is 12.0 Å². The first-order chi connectivity index (χ1) is 10.6. The number of carbonyl (C=O) groups excluding carboxylic acids is 1. The molecule has 2 aromatic rings. The zero-order chi connectivity index (χ0) is 15.7. The molecule has 0 saturated carbocycles. The molecule has 7 nitrogen and oxygen atoms in total. The highest BCUT2D eigenvalue weighted by Crippen LogP contribution is 2.27. The summed E-state index contributed by atoms with van der Waals surface area (Å²) in [7, 11) is 1.33. The molecular weight excluding hydrogens is 282 g/mol. The molecule has 7 heteroatoms. The number of nitrogens with zero attached hydrogens (tertiary/aromatic N) is 5. The maximum atomic E-state index is 11.8. The van der Waals surface area contributed by atoms with Gasteiger partial charge < -0.3 is 9.64 Å². The maximum Gasteiger partial charge on any atom is 0.360 e. The van der Waals surface area contributed by atoms with Gasteiger partial charge in [0, 0.05) is 36.6 Å². The average Bonchev–Trinajstić information content (AvgIpc) is 2.96. The number of hydrogen-bond donors (Lipinski definition) is 0. The summed E-state index contributed by atoms with van der Waals surface area (Å²) in [6, 6.07) is 0. The van der Waals surface area contributed by atoms with Gasteiger partial charge in [0.1, 0.15) is 5.82 Å². The molecule has 0 aromatic carbocycles. The molecule has 0 N–H and O–H groups in total. The van der Waals surface area contributed by atoms with Crippen molar-refractivity contribution in [2.24, 2.45) is 0 Å². The SMILES string of the molecule is COC(=O)c1nccnc1N1Cc2cnc(C(C)C)nc2C1. The molecule has 1 aliphatic rings. The second-order valence-electron chi connectivity index (χ2n) is 5.43. The fraction of sp³-hybridized carbons (Fsp3) is 0.400. The van der Waals surface area contributed by atoms with Crippen LogP contribution in [0.5, 0.6) is 0 Å². The van der Waals surface area contributed by atoms with Crippen LogP contribution >= 0.6 is 0 Å². The minimum atomic E-state index is -0.493. The van der Waals surface area contributed by atoms with E-state index in [0.717, 1.165) is 17.1 Å². The largest absolute Gasteiger partial charge is 0.464 e. The van der Waals surface area contributed by atoms with Crippen molar-refractivity contribution >= 4 is 11.8 Å². The fourth-order valence-corrected chi connectivity index (χ4v) is 2.40. The van der Waals surface area contributed by atoms with Crippen molar-refractivity contribution in [1.29, 1.82) is 0 Å². The molecule has 0 fully saturated rings. The smallest absolute Gasteiger partial charge is 0.360 e. The van der Waals surface area contributed by atoms with Gasteiger partial charge in [-0.05, 0) is 0 Å². The van der Waals surface area contributed by atoms with Crippen molar-refractivity contribution in [3.05, 3.63) is 41.4 Å². The molecule has 0 bridgehead atoms. The number of fused-ring (bicyclic) bond motifs is 1. The first-order valence-electron chi connectivity index (χ1n) is 7.09. The van der Waals surface area contributed by atoms with Gasteiger partial charge in [-0.1, -0.05) is 13.8 Å². The van der Waals surface area contributed by atoms with Crippen LogP contribution in [-0.2, 0) is 17.8 Å². The lowest BCUT2D eigenvalue weighted by Gasteiger charge is -2.17. The van der Waals surface area contributed by atoms with Gasteiger partial charge in [0.2, 0.25) is 0 Å². The lowest BCUT2D eigenvalue weighted by molar-refractivity contribution is 0.0594. The highest BCUT2D eigenvalue weighted by molar-refractivity contribution is 5.92. The van der Waals surface area contributed by atoms with E-state index < -0.39 is 5.97 Å². The minimum Gasteiger partial charge on any atom is -0.464 e. The van der Waals surface area contributed by atoms with E-state index in [1.807, 2.05) is 11.1 Å². The molecule has 114 valence electrons. The summed E-state index contributed by atoms with van der Waals surface area (Å²) in [6.45, 7) is 5.32. The first-order valence-corrected chi connectivity index (χ1v) is 7.09. The Balaban J connectivity index is 1.92. The third-order valence-electron chi connectivity index (χ3n) is 3.55. The third-order valence-corrected chi connectivity index (χ3v) is 3.55. The van der Waals surface area contributed by atoms with Crippen molar-refractivity contribution in [1.82, 2.24) is 19.9 Å². The Morgan fingerprint density at radius 2 is 2.00 bits per heavy atom. The standard InChI is InChI=1S/C15H17N5O2/c1-9(2)13-18-6-10-7-20(8-11(10)19-13)14-12(15(21)22-3)16-4-5-17-14/h4-6,9H,7-8H2,1-3H3. The molecule has 0 spiro atoms. The Morgan fingerprint density at radius 1 is 1.23 bits per heavy atom. The van der Waals surface area contributed by atoms with E-state index in [-0.39, 0.29) is 11.6 Å². The summed E-state index contributed by atoms with van der Waals surface area (Å²) >= 11 is 0. The first kappa shape index (κ1) is 14.4. The molecule has 3 heterocycles. The Bertz CT molecular complexity index is 717. The van der Waals surface area contributed by atoms with Crippen LogP contribution in [0, 0.1) is 0 Å². The summed E-state index contributed by atoms with van der Waals surface area (Å²) in [5, 5.41) is 0. The van der Waals surface area contributed by atoms with E-state index in [0.29, 0.717) is 18.9 Å². The number of hydrogen-bond acceptors (Lipinski definition) is 7. The van der Waals surface area contributed by atoms with Crippen LogP contribution in [0.2, 0.25) is 0 Å². The van der Waals surface area contributed by atoms with Gasteiger partial charge in [0.25, 0.3) is 0 Å². The highest BCUT2D eigenvalue weighted by Gasteiger charge is 2.27. The van der Waals surface area contributed by atoms with E-state index in [1.165, 1.54) is 13.3 Å². The normalized spacial score (nSPS) is 13.4. The van der Waals surface area contributed by atoms with Crippen molar-refractivity contribution in [2.45, 2.75) is 32.9 Å². The van der Waals surface area contributed by atoms with E-state index in [1.54, 1.807) is 6.20 Å². The van der Waals surface area contributed by atoms with Crippen LogP contribution in [0.25, 0.3) is 0 Å². The second kappa shape index (κ2) is 5.67. The number of anilines is 1. The third kappa shape index (κ3) is 2.49. The summed E-state index contributed by atoms with van der Waals surface area (Å²) in [6.07, 6.45) is 4.90. The van der Waals surface area contributed by atoms with E-state index in [4.69, 9.17) is 4.74 Å². The van der Waals surface area contributed by atoms with Crippen molar-refractivity contribution in [3.8, 4) is 0 Å². The minimum absolute atomic E-state index is 0.217. The topological polar surface area (TPSA) is 81.1 Å². The number of rotatable bonds is 3. The zero-order valence-electron chi connectivity index (χ0n) is 12.8. The Kier molecular flexibility index (Phi) is 3.70. The van der Waals surface area contributed by atoms with Crippen LogP contribution in [0.15, 0.2) is 18.6 Å². The van der Waals surface area contributed by atoms with Crippen LogP contribution in [0.3, 0.4) is 0 Å². The predicted octanol–water partition coefficient (Wildman–Crippen LogP) is 1.70. The second-order valence-corrected chi connectivity index (χ2v) is 5.43. The molecule has 22 heavy (non-hydrogen) atoms. The van der Waals surface area contributed by atoms with Gasteiger partial charge in [-0.3, -0.25) is 0 Å². The summed E-state index contributed by atoms with van der Waals surface area (Å²) in [5.74, 6) is 1.13. The lowest BCUT2D eigenvalue weighted by atomic mass is 10.2. The van der Waals surface area contributed by atoms with Gasteiger partial charge in [-0.15, -0.1) is 0 Å². The average molecular weight is 299 g/mol. The number of aromatic nitrogens is 4. The number of esters is 1. The lowest BCUT2D eigenvalue weighted by Crippen LogP contribution is -2.21. The van der Waals surface area contributed by atoms with E-state index in [9.17, 15) is 4.79 Å². The summed E-state index contributed by atoms with van der Waals surface area (Å²) in [4.78, 5) is 31.2. The molecule has 2 aromatic heterocycles. The molecule has 0 amide bonds. The van der Waals surface area contributed by atoms with Gasteiger partial charge in [-0.25, -0.2) is 24.7 Å². The van der Waals surface area contributed by atoms with Gasteiger partial charge in [0.05, 0.1) is 19.3 Å². The fourth-order valence-electron chi connectivity index (χ4n) is 2.40. The molecule has 0 atom stereocenters. The number of methoxy groups -OCH3 is 1. The zero-order valence-corrected chi connectivity index (χ0v) is 12.8. The van der Waals surface area contributed by atoms with Crippen LogP contribution in [0.1, 0.15) is 47.3 Å². The van der Waals surface area contributed by atoms with Gasteiger partial charge in [0.15, 0.2) is 11.5 Å². The molecule has 3 rings (SSSR count). The monoisotopic (exact) mass is 299 g/mol. The number of ether oxygens (including phenoxy) is 1. The molecule has 1 aliphatic heterocycles. The molecule has 0 aliphatic carbocycles. The van der Waals surface area contributed by atoms with Crippen LogP contribution < -0.4 is 4.90 Å². The molecule has 0 radical (unpaired) electrons. The summed E-state index contributed by atoms with van der Waals surface area (Å²) in [5.41, 5.74) is 2.24.